The van der Waals surface area contributed by atoms with Crippen molar-refractivity contribution < 1.29 is 9.53 Å². The third-order valence-corrected chi connectivity index (χ3v) is 5.42. The van der Waals surface area contributed by atoms with Gasteiger partial charge in [-0.25, -0.2) is 0 Å². The van der Waals surface area contributed by atoms with Gasteiger partial charge in [-0.2, -0.15) is 0 Å². The van der Waals surface area contributed by atoms with Gasteiger partial charge < -0.3 is 4.74 Å². The normalized spacial score (nSPS) is 21.4. The molecule has 0 aliphatic carbocycles. The summed E-state index contributed by atoms with van der Waals surface area (Å²) in [6.07, 6.45) is 1.84. The minimum absolute atomic E-state index is 0.118. The Morgan fingerprint density at radius 1 is 1.44 bits per heavy atom. The highest BCUT2D eigenvalue weighted by atomic mass is 32.2. The standard InChI is InChI=1S/C14H16O2S2/c1-4-5-13(15)16-9-14(3)17-11-7-6-10(2)8-12(11)18-14/h4,6-8H,1,5,9H2,2-3H3. The van der Waals surface area contributed by atoms with E-state index in [0.717, 1.165) is 0 Å². The second-order valence-corrected chi connectivity index (χ2v) is 7.79. The molecule has 1 aliphatic rings. The van der Waals surface area contributed by atoms with Crippen molar-refractivity contribution in [1.29, 1.82) is 0 Å². The Bertz CT molecular complexity index is 485. The van der Waals surface area contributed by atoms with Crippen LogP contribution < -0.4 is 0 Å². The number of carbonyl (C=O) groups is 1. The van der Waals surface area contributed by atoms with Crippen LogP contribution >= 0.6 is 23.5 Å². The maximum absolute atomic E-state index is 11.4. The van der Waals surface area contributed by atoms with E-state index in [-0.39, 0.29) is 16.5 Å². The van der Waals surface area contributed by atoms with Crippen LogP contribution in [0.3, 0.4) is 0 Å². The molecule has 0 radical (unpaired) electrons. The second kappa shape index (κ2) is 5.41. The molecule has 0 bridgehead atoms. The number of rotatable bonds is 4. The van der Waals surface area contributed by atoms with Crippen LogP contribution in [-0.2, 0) is 9.53 Å². The number of aryl methyl sites for hydroxylation is 1. The summed E-state index contributed by atoms with van der Waals surface area (Å²) in [5.41, 5.74) is 1.26. The van der Waals surface area contributed by atoms with E-state index in [4.69, 9.17) is 4.74 Å². The van der Waals surface area contributed by atoms with E-state index in [0.29, 0.717) is 6.61 Å². The molecule has 2 nitrogen and oxygen atoms in total. The zero-order valence-corrected chi connectivity index (χ0v) is 12.2. The Balaban J connectivity index is 1.99. The van der Waals surface area contributed by atoms with Crippen LogP contribution in [0.1, 0.15) is 18.9 Å². The summed E-state index contributed by atoms with van der Waals surface area (Å²) < 4.78 is 5.16. The molecule has 0 fully saturated rings. The molecule has 4 heteroatoms. The van der Waals surface area contributed by atoms with Gasteiger partial charge in [0.25, 0.3) is 0 Å². The molecule has 1 aromatic carbocycles. The quantitative estimate of drug-likeness (QED) is 0.614. The average Bonchev–Trinajstić information content (AvgIpc) is 2.63. The Morgan fingerprint density at radius 2 is 2.17 bits per heavy atom. The zero-order chi connectivity index (χ0) is 13.2. The lowest BCUT2D eigenvalue weighted by molar-refractivity contribution is -0.142. The number of esters is 1. The summed E-state index contributed by atoms with van der Waals surface area (Å²) in [4.78, 5) is 13.9. The number of benzene rings is 1. The van der Waals surface area contributed by atoms with Crippen LogP contribution in [0.5, 0.6) is 0 Å². The third kappa shape index (κ3) is 3.12. The highest BCUT2D eigenvalue weighted by molar-refractivity contribution is 8.20. The van der Waals surface area contributed by atoms with Crippen molar-refractivity contribution in [1.82, 2.24) is 0 Å². The Kier molecular flexibility index (Phi) is 4.07. The van der Waals surface area contributed by atoms with Crippen molar-refractivity contribution >= 4 is 29.5 Å². The van der Waals surface area contributed by atoms with Gasteiger partial charge in [0, 0.05) is 9.79 Å². The summed E-state index contributed by atoms with van der Waals surface area (Å²) in [5, 5.41) is 0. The van der Waals surface area contributed by atoms with Crippen molar-refractivity contribution in [3.8, 4) is 0 Å². The molecule has 0 N–H and O–H groups in total. The van der Waals surface area contributed by atoms with E-state index >= 15 is 0 Å². The van der Waals surface area contributed by atoms with E-state index in [1.165, 1.54) is 15.4 Å². The molecule has 0 aromatic heterocycles. The van der Waals surface area contributed by atoms with Gasteiger partial charge in [-0.3, -0.25) is 4.79 Å². The van der Waals surface area contributed by atoms with Crippen LogP contribution in [0.4, 0.5) is 0 Å². The third-order valence-electron chi connectivity index (χ3n) is 2.56. The van der Waals surface area contributed by atoms with E-state index < -0.39 is 0 Å². The highest BCUT2D eigenvalue weighted by Gasteiger charge is 2.36. The molecular weight excluding hydrogens is 264 g/mol. The van der Waals surface area contributed by atoms with Gasteiger partial charge >= 0.3 is 5.97 Å². The predicted molar refractivity (Wildman–Crippen MR) is 77.1 cm³/mol. The lowest BCUT2D eigenvalue weighted by atomic mass is 10.2. The number of hydrogen-bond acceptors (Lipinski definition) is 4. The topological polar surface area (TPSA) is 26.3 Å². The summed E-state index contributed by atoms with van der Waals surface area (Å²) in [6.45, 7) is 8.15. The Morgan fingerprint density at radius 3 is 2.89 bits per heavy atom. The van der Waals surface area contributed by atoms with Gasteiger partial charge in [0.15, 0.2) is 0 Å². The fraction of sp³-hybridized carbons (Fsp3) is 0.357. The van der Waals surface area contributed by atoms with Gasteiger partial charge in [0.2, 0.25) is 0 Å². The largest absolute Gasteiger partial charge is 0.463 e. The lowest BCUT2D eigenvalue weighted by Crippen LogP contribution is -2.22. The zero-order valence-electron chi connectivity index (χ0n) is 10.6. The summed E-state index contributed by atoms with van der Waals surface area (Å²) in [6, 6.07) is 6.44. The van der Waals surface area contributed by atoms with Gasteiger partial charge in [-0.15, -0.1) is 30.1 Å². The van der Waals surface area contributed by atoms with Crippen LogP contribution in [0.15, 0.2) is 40.6 Å². The molecule has 1 aliphatic heterocycles. The maximum atomic E-state index is 11.4. The van der Waals surface area contributed by atoms with Crippen molar-refractivity contribution in [2.45, 2.75) is 34.1 Å². The summed E-state index contributed by atoms with van der Waals surface area (Å²) in [5.74, 6) is -0.209. The second-order valence-electron chi connectivity index (χ2n) is 4.44. The molecule has 0 amide bonds. The highest BCUT2D eigenvalue weighted by Crippen LogP contribution is 2.55. The molecule has 1 atom stereocenters. The summed E-state index contributed by atoms with van der Waals surface area (Å²) >= 11 is 3.54. The van der Waals surface area contributed by atoms with Crippen LogP contribution in [0.2, 0.25) is 0 Å². The molecule has 1 aromatic rings. The van der Waals surface area contributed by atoms with Crippen LogP contribution in [-0.4, -0.2) is 16.7 Å². The van der Waals surface area contributed by atoms with Crippen molar-refractivity contribution in [2.24, 2.45) is 0 Å². The number of carbonyl (C=O) groups excluding carboxylic acids is 1. The van der Waals surface area contributed by atoms with Crippen LogP contribution in [0.25, 0.3) is 0 Å². The molecule has 2 rings (SSSR count). The van der Waals surface area contributed by atoms with Crippen molar-refractivity contribution in [3.05, 3.63) is 36.4 Å². The number of ether oxygens (including phenoxy) is 1. The Labute approximate surface area is 116 Å². The van der Waals surface area contributed by atoms with E-state index in [1.54, 1.807) is 29.6 Å². The number of hydrogen-bond donors (Lipinski definition) is 0. The summed E-state index contributed by atoms with van der Waals surface area (Å²) in [7, 11) is 0. The smallest absolute Gasteiger partial charge is 0.309 e. The Hall–Kier alpha value is -0.870. The first-order chi connectivity index (χ1) is 8.52. The predicted octanol–water partition coefficient (Wildman–Crippen LogP) is 4.03. The van der Waals surface area contributed by atoms with E-state index in [1.807, 2.05) is 0 Å². The fourth-order valence-corrected chi connectivity index (χ4v) is 4.54. The number of thioether (sulfide) groups is 2. The average molecular weight is 280 g/mol. The fourth-order valence-electron chi connectivity index (χ4n) is 1.71. The molecule has 0 spiro atoms. The van der Waals surface area contributed by atoms with Crippen molar-refractivity contribution in [3.63, 3.8) is 0 Å². The molecular formula is C14H16O2S2. The first kappa shape index (κ1) is 13.6. The number of fused-ring (bicyclic) bond motifs is 1. The molecule has 1 unspecified atom stereocenters. The SMILES string of the molecule is C=CCC(=O)OCC1(C)Sc2ccc(C)cc2S1. The molecule has 0 saturated heterocycles. The lowest BCUT2D eigenvalue weighted by Gasteiger charge is -2.20. The van der Waals surface area contributed by atoms with E-state index in [9.17, 15) is 4.79 Å². The van der Waals surface area contributed by atoms with Crippen molar-refractivity contribution in [2.75, 3.05) is 6.61 Å². The van der Waals surface area contributed by atoms with E-state index in [2.05, 4.69) is 38.6 Å². The molecule has 96 valence electrons. The van der Waals surface area contributed by atoms with Gasteiger partial charge in [-0.05, 0) is 31.5 Å². The molecule has 0 saturated carbocycles. The minimum Gasteiger partial charge on any atom is -0.463 e. The maximum Gasteiger partial charge on any atom is 0.309 e. The van der Waals surface area contributed by atoms with Gasteiger partial charge in [-0.1, -0.05) is 12.1 Å². The molecule has 18 heavy (non-hydrogen) atoms. The minimum atomic E-state index is -0.209. The van der Waals surface area contributed by atoms with Crippen LogP contribution in [0, 0.1) is 6.92 Å². The van der Waals surface area contributed by atoms with Gasteiger partial charge in [0.1, 0.15) is 10.7 Å². The monoisotopic (exact) mass is 280 g/mol. The first-order valence-corrected chi connectivity index (χ1v) is 7.41. The molecule has 1 heterocycles. The first-order valence-electron chi connectivity index (χ1n) is 5.78. The van der Waals surface area contributed by atoms with Gasteiger partial charge in [0.05, 0.1) is 6.42 Å².